The van der Waals surface area contributed by atoms with E-state index in [2.05, 4.69) is 22.4 Å². The van der Waals surface area contributed by atoms with E-state index in [9.17, 15) is 0 Å². The molecule has 0 spiro atoms. The molecule has 1 fully saturated rings. The second-order valence-electron chi connectivity index (χ2n) is 4.69. The van der Waals surface area contributed by atoms with Crippen LogP contribution in [0.15, 0.2) is 4.52 Å². The van der Waals surface area contributed by atoms with Gasteiger partial charge in [0.25, 0.3) is 0 Å². The molecule has 1 N–H and O–H groups in total. The number of likely N-dealkylation sites (N-methyl/N-ethyl adjacent to an activating group) is 1. The van der Waals surface area contributed by atoms with Crippen molar-refractivity contribution in [2.24, 2.45) is 0 Å². The molecule has 17 heavy (non-hydrogen) atoms. The summed E-state index contributed by atoms with van der Waals surface area (Å²) in [6, 6.07) is 0. The molecule has 5 nitrogen and oxygen atoms in total. The van der Waals surface area contributed by atoms with Gasteiger partial charge in [-0.15, -0.1) is 0 Å². The average Bonchev–Trinajstić information content (AvgIpc) is 2.61. The Labute approximate surface area is 102 Å². The van der Waals surface area contributed by atoms with Crippen LogP contribution in [-0.2, 0) is 11.3 Å². The third-order valence-corrected chi connectivity index (χ3v) is 3.20. The topological polar surface area (TPSA) is 50.5 Å². The molecule has 96 valence electrons. The Balaban J connectivity index is 1.76. The molecule has 0 bridgehead atoms. The highest BCUT2D eigenvalue weighted by Crippen LogP contribution is 2.11. The molecule has 5 heteroatoms. The Hall–Kier alpha value is -0.910. The molecule has 0 amide bonds. The van der Waals surface area contributed by atoms with Crippen molar-refractivity contribution in [3.05, 3.63) is 17.0 Å². The minimum Gasteiger partial charge on any atom is -0.374 e. The highest BCUT2D eigenvalue weighted by molar-refractivity contribution is 5.20. The van der Waals surface area contributed by atoms with E-state index < -0.39 is 0 Å². The number of hydrogen-bond acceptors (Lipinski definition) is 5. The van der Waals surface area contributed by atoms with E-state index >= 15 is 0 Å². The molecule has 1 aromatic heterocycles. The van der Waals surface area contributed by atoms with Gasteiger partial charge in [-0.2, -0.15) is 0 Å². The first-order valence-electron chi connectivity index (χ1n) is 6.09. The minimum absolute atomic E-state index is 0.286. The van der Waals surface area contributed by atoms with Crippen LogP contribution in [0.2, 0.25) is 0 Å². The molecule has 2 heterocycles. The van der Waals surface area contributed by atoms with E-state index in [1.165, 1.54) is 0 Å². The van der Waals surface area contributed by atoms with Crippen molar-refractivity contribution in [1.29, 1.82) is 0 Å². The molecule has 0 aromatic carbocycles. The summed E-state index contributed by atoms with van der Waals surface area (Å²) in [6.07, 6.45) is 0.286. The molecular formula is C12H21N3O2. The van der Waals surface area contributed by atoms with Gasteiger partial charge in [-0.3, -0.25) is 0 Å². The highest BCUT2D eigenvalue weighted by atomic mass is 16.5. The molecule has 2 rings (SSSR count). The number of aromatic nitrogens is 1. The van der Waals surface area contributed by atoms with Gasteiger partial charge in [0.05, 0.1) is 18.4 Å². The van der Waals surface area contributed by atoms with Crippen LogP contribution in [0.5, 0.6) is 0 Å². The Kier molecular flexibility index (Phi) is 4.15. The van der Waals surface area contributed by atoms with Gasteiger partial charge in [0.1, 0.15) is 5.76 Å². The fraction of sp³-hybridized carbons (Fsp3) is 0.750. The Morgan fingerprint density at radius 3 is 2.94 bits per heavy atom. The maximum Gasteiger partial charge on any atom is 0.138 e. The summed E-state index contributed by atoms with van der Waals surface area (Å²) < 4.78 is 10.8. The van der Waals surface area contributed by atoms with Crippen LogP contribution in [0.4, 0.5) is 0 Å². The van der Waals surface area contributed by atoms with E-state index in [4.69, 9.17) is 9.26 Å². The summed E-state index contributed by atoms with van der Waals surface area (Å²) in [5, 5.41) is 7.35. The van der Waals surface area contributed by atoms with E-state index in [0.717, 1.165) is 49.8 Å². The monoisotopic (exact) mass is 239 g/mol. The Bertz CT molecular complexity index is 345. The van der Waals surface area contributed by atoms with Gasteiger partial charge in [-0.25, -0.2) is 0 Å². The van der Waals surface area contributed by atoms with Crippen molar-refractivity contribution in [3.8, 4) is 0 Å². The third kappa shape index (κ3) is 3.28. The quantitative estimate of drug-likeness (QED) is 0.838. The highest BCUT2D eigenvalue weighted by Gasteiger charge is 2.17. The number of morpholine rings is 1. The molecule has 1 aliphatic rings. The summed E-state index contributed by atoms with van der Waals surface area (Å²) >= 11 is 0. The van der Waals surface area contributed by atoms with Gasteiger partial charge in [-0.05, 0) is 20.9 Å². The molecule has 0 unspecified atom stereocenters. The van der Waals surface area contributed by atoms with Crippen LogP contribution in [0, 0.1) is 13.8 Å². The van der Waals surface area contributed by atoms with E-state index in [1.807, 2.05) is 13.8 Å². The SMILES string of the molecule is Cc1noc(C)c1CNC[C@@H]1CN(C)CCO1. The first kappa shape index (κ1) is 12.5. The first-order chi connectivity index (χ1) is 8.16. The van der Waals surface area contributed by atoms with Gasteiger partial charge in [0.2, 0.25) is 0 Å². The lowest BCUT2D eigenvalue weighted by Gasteiger charge is -2.30. The number of nitrogens with one attached hydrogen (secondary N) is 1. The first-order valence-corrected chi connectivity index (χ1v) is 6.09. The number of nitrogens with zero attached hydrogens (tertiary/aromatic N) is 2. The lowest BCUT2D eigenvalue weighted by Crippen LogP contribution is -2.44. The summed E-state index contributed by atoms with van der Waals surface area (Å²) in [4.78, 5) is 2.30. The second-order valence-corrected chi connectivity index (χ2v) is 4.69. The number of aryl methyl sites for hydroxylation is 2. The molecular weight excluding hydrogens is 218 g/mol. The van der Waals surface area contributed by atoms with E-state index in [0.29, 0.717) is 0 Å². The van der Waals surface area contributed by atoms with E-state index in [1.54, 1.807) is 0 Å². The van der Waals surface area contributed by atoms with Crippen molar-refractivity contribution in [1.82, 2.24) is 15.4 Å². The van der Waals surface area contributed by atoms with Crippen molar-refractivity contribution in [2.45, 2.75) is 26.5 Å². The lowest BCUT2D eigenvalue weighted by molar-refractivity contribution is -0.0182. The maximum atomic E-state index is 5.69. The van der Waals surface area contributed by atoms with Crippen molar-refractivity contribution in [2.75, 3.05) is 33.3 Å². The van der Waals surface area contributed by atoms with Crippen LogP contribution < -0.4 is 5.32 Å². The van der Waals surface area contributed by atoms with Crippen LogP contribution in [-0.4, -0.2) is 49.4 Å². The normalized spacial score (nSPS) is 21.9. The van der Waals surface area contributed by atoms with Crippen molar-refractivity contribution in [3.63, 3.8) is 0 Å². The minimum atomic E-state index is 0.286. The van der Waals surface area contributed by atoms with Crippen LogP contribution in [0.3, 0.4) is 0 Å². The predicted octanol–water partition coefficient (Wildman–Crippen LogP) is 0.712. The molecule has 1 aliphatic heterocycles. The smallest absolute Gasteiger partial charge is 0.138 e. The van der Waals surface area contributed by atoms with Gasteiger partial charge in [0.15, 0.2) is 0 Å². The summed E-state index contributed by atoms with van der Waals surface area (Å²) in [6.45, 7) is 8.43. The van der Waals surface area contributed by atoms with Crippen LogP contribution in [0.1, 0.15) is 17.0 Å². The summed E-state index contributed by atoms with van der Waals surface area (Å²) in [5.74, 6) is 0.900. The number of rotatable bonds is 4. The molecule has 0 aliphatic carbocycles. The van der Waals surface area contributed by atoms with Gasteiger partial charge in [0, 0.05) is 31.7 Å². The van der Waals surface area contributed by atoms with Crippen molar-refractivity contribution < 1.29 is 9.26 Å². The molecule has 1 aromatic rings. The second kappa shape index (κ2) is 5.62. The molecule has 1 saturated heterocycles. The largest absolute Gasteiger partial charge is 0.374 e. The third-order valence-electron chi connectivity index (χ3n) is 3.20. The number of ether oxygens (including phenoxy) is 1. The molecule has 0 radical (unpaired) electrons. The predicted molar refractivity (Wildman–Crippen MR) is 64.9 cm³/mol. The zero-order valence-corrected chi connectivity index (χ0v) is 10.8. The molecule has 0 saturated carbocycles. The zero-order valence-electron chi connectivity index (χ0n) is 10.8. The summed E-state index contributed by atoms with van der Waals surface area (Å²) in [7, 11) is 2.13. The molecule has 1 atom stereocenters. The average molecular weight is 239 g/mol. The summed E-state index contributed by atoms with van der Waals surface area (Å²) in [5.41, 5.74) is 2.13. The standard InChI is InChI=1S/C12H21N3O2/c1-9-12(10(2)17-14-9)7-13-6-11-8-15(3)4-5-16-11/h11,13H,4-8H2,1-3H3/t11-/m1/s1. The van der Waals surface area contributed by atoms with Gasteiger partial charge in [-0.1, -0.05) is 5.16 Å². The van der Waals surface area contributed by atoms with Crippen molar-refractivity contribution >= 4 is 0 Å². The fourth-order valence-corrected chi connectivity index (χ4v) is 2.10. The lowest BCUT2D eigenvalue weighted by atomic mass is 10.2. The number of hydrogen-bond donors (Lipinski definition) is 1. The van der Waals surface area contributed by atoms with Crippen LogP contribution >= 0.6 is 0 Å². The fourth-order valence-electron chi connectivity index (χ4n) is 2.10. The van der Waals surface area contributed by atoms with E-state index in [-0.39, 0.29) is 6.10 Å². The van der Waals surface area contributed by atoms with Crippen LogP contribution in [0.25, 0.3) is 0 Å². The van der Waals surface area contributed by atoms with Gasteiger partial charge >= 0.3 is 0 Å². The zero-order chi connectivity index (χ0) is 12.3. The van der Waals surface area contributed by atoms with Gasteiger partial charge < -0.3 is 19.5 Å². The Morgan fingerprint density at radius 1 is 1.47 bits per heavy atom. The maximum absolute atomic E-state index is 5.69. The Morgan fingerprint density at radius 2 is 2.29 bits per heavy atom.